The van der Waals surface area contributed by atoms with Gasteiger partial charge in [-0.2, -0.15) is 0 Å². The van der Waals surface area contributed by atoms with Crippen molar-refractivity contribution in [3.05, 3.63) is 35.9 Å². The highest BCUT2D eigenvalue weighted by Gasteiger charge is 2.38. The normalized spacial score (nSPS) is 24.5. The van der Waals surface area contributed by atoms with Gasteiger partial charge in [0.15, 0.2) is 0 Å². The van der Waals surface area contributed by atoms with Crippen LogP contribution in [-0.2, 0) is 4.79 Å². The van der Waals surface area contributed by atoms with Crippen LogP contribution in [0.25, 0.3) is 0 Å². The average molecular weight is 203 g/mol. The molecule has 2 rings (SSSR count). The van der Waals surface area contributed by atoms with Gasteiger partial charge in [0.05, 0.1) is 12.0 Å². The fourth-order valence-corrected chi connectivity index (χ4v) is 2.11. The number of nitrogens with one attached hydrogen (secondary N) is 1. The van der Waals surface area contributed by atoms with Crippen LogP contribution in [0.5, 0.6) is 0 Å². The molecule has 0 unspecified atom stereocenters. The molecule has 1 aliphatic heterocycles. The SMILES string of the molecule is CCCC[C@@H]1C(=O)N[C@H]1c1ccccc1. The summed E-state index contributed by atoms with van der Waals surface area (Å²) in [5.41, 5.74) is 1.23. The van der Waals surface area contributed by atoms with Crippen molar-refractivity contribution in [2.75, 3.05) is 0 Å². The third-order valence-electron chi connectivity index (χ3n) is 3.06. The smallest absolute Gasteiger partial charge is 0.226 e. The molecule has 15 heavy (non-hydrogen) atoms. The fraction of sp³-hybridized carbons (Fsp3) is 0.462. The topological polar surface area (TPSA) is 29.1 Å². The van der Waals surface area contributed by atoms with E-state index in [4.69, 9.17) is 0 Å². The molecule has 0 spiro atoms. The first-order chi connectivity index (χ1) is 7.33. The molecule has 1 aliphatic rings. The zero-order valence-electron chi connectivity index (χ0n) is 9.07. The summed E-state index contributed by atoms with van der Waals surface area (Å²) >= 11 is 0. The minimum atomic E-state index is 0.201. The predicted molar refractivity (Wildman–Crippen MR) is 60.3 cm³/mol. The molecule has 0 aromatic heterocycles. The van der Waals surface area contributed by atoms with Crippen molar-refractivity contribution in [2.24, 2.45) is 5.92 Å². The molecule has 0 bridgehead atoms. The monoisotopic (exact) mass is 203 g/mol. The molecular formula is C13H17NO. The quantitative estimate of drug-likeness (QED) is 0.749. The number of carbonyl (C=O) groups is 1. The van der Waals surface area contributed by atoms with Crippen LogP contribution in [-0.4, -0.2) is 5.91 Å². The Labute approximate surface area is 90.7 Å². The summed E-state index contributed by atoms with van der Waals surface area (Å²) < 4.78 is 0. The van der Waals surface area contributed by atoms with Crippen molar-refractivity contribution in [1.82, 2.24) is 5.32 Å². The van der Waals surface area contributed by atoms with Crippen LogP contribution >= 0.6 is 0 Å². The van der Waals surface area contributed by atoms with Gasteiger partial charge in [0, 0.05) is 0 Å². The zero-order valence-corrected chi connectivity index (χ0v) is 9.07. The van der Waals surface area contributed by atoms with Crippen LogP contribution in [0.15, 0.2) is 30.3 Å². The molecule has 2 atom stereocenters. The average Bonchev–Trinajstić information content (AvgIpc) is 2.27. The van der Waals surface area contributed by atoms with Gasteiger partial charge in [-0.1, -0.05) is 50.1 Å². The molecule has 1 aromatic carbocycles. The van der Waals surface area contributed by atoms with Gasteiger partial charge in [-0.15, -0.1) is 0 Å². The van der Waals surface area contributed by atoms with Gasteiger partial charge in [0.1, 0.15) is 0 Å². The van der Waals surface area contributed by atoms with E-state index < -0.39 is 0 Å². The summed E-state index contributed by atoms with van der Waals surface area (Å²) in [5, 5.41) is 2.98. The van der Waals surface area contributed by atoms with Gasteiger partial charge in [0.2, 0.25) is 5.91 Å². The van der Waals surface area contributed by atoms with Crippen LogP contribution in [0, 0.1) is 5.92 Å². The number of β-lactam (4-membered cyclic amide) rings is 1. The second-order valence-corrected chi connectivity index (χ2v) is 4.15. The van der Waals surface area contributed by atoms with E-state index in [1.54, 1.807) is 0 Å². The molecule has 2 heteroatoms. The summed E-state index contributed by atoms with van der Waals surface area (Å²) in [4.78, 5) is 11.4. The van der Waals surface area contributed by atoms with Gasteiger partial charge >= 0.3 is 0 Å². The van der Waals surface area contributed by atoms with Crippen LogP contribution in [0.1, 0.15) is 37.8 Å². The largest absolute Gasteiger partial charge is 0.348 e. The van der Waals surface area contributed by atoms with Crippen LogP contribution in [0.3, 0.4) is 0 Å². The molecule has 1 N–H and O–H groups in total. The van der Waals surface area contributed by atoms with E-state index in [-0.39, 0.29) is 17.9 Å². The number of carbonyl (C=O) groups excluding carboxylic acids is 1. The molecule has 0 saturated carbocycles. The Morgan fingerprint density at radius 1 is 1.27 bits per heavy atom. The molecule has 1 amide bonds. The van der Waals surface area contributed by atoms with Crippen LogP contribution in [0.2, 0.25) is 0 Å². The highest BCUT2D eigenvalue weighted by atomic mass is 16.2. The lowest BCUT2D eigenvalue weighted by Crippen LogP contribution is -2.51. The summed E-state index contributed by atoms with van der Waals surface area (Å²) in [7, 11) is 0. The molecule has 2 nitrogen and oxygen atoms in total. The minimum absolute atomic E-state index is 0.201. The first-order valence-electron chi connectivity index (χ1n) is 5.68. The van der Waals surface area contributed by atoms with Gasteiger partial charge in [0.25, 0.3) is 0 Å². The second-order valence-electron chi connectivity index (χ2n) is 4.15. The molecule has 80 valence electrons. The first-order valence-corrected chi connectivity index (χ1v) is 5.68. The first kappa shape index (κ1) is 10.2. The Morgan fingerprint density at radius 3 is 2.60 bits per heavy atom. The summed E-state index contributed by atoms with van der Waals surface area (Å²) in [5.74, 6) is 0.421. The van der Waals surface area contributed by atoms with Crippen molar-refractivity contribution >= 4 is 5.91 Å². The van der Waals surface area contributed by atoms with Gasteiger partial charge in [-0.3, -0.25) is 4.79 Å². The van der Waals surface area contributed by atoms with Crippen molar-refractivity contribution in [2.45, 2.75) is 32.2 Å². The maximum absolute atomic E-state index is 11.4. The van der Waals surface area contributed by atoms with E-state index in [9.17, 15) is 4.79 Å². The highest BCUT2D eigenvalue weighted by Crippen LogP contribution is 2.33. The molecule has 1 fully saturated rings. The lowest BCUT2D eigenvalue weighted by atomic mass is 9.82. The van der Waals surface area contributed by atoms with E-state index in [0.717, 1.165) is 19.3 Å². The van der Waals surface area contributed by atoms with E-state index in [1.807, 2.05) is 18.2 Å². The maximum atomic E-state index is 11.4. The molecule has 1 saturated heterocycles. The third-order valence-corrected chi connectivity index (χ3v) is 3.06. The maximum Gasteiger partial charge on any atom is 0.226 e. The highest BCUT2D eigenvalue weighted by molar-refractivity contribution is 5.86. The number of rotatable bonds is 4. The van der Waals surface area contributed by atoms with Crippen molar-refractivity contribution < 1.29 is 4.79 Å². The summed E-state index contributed by atoms with van der Waals surface area (Å²) in [6.07, 6.45) is 3.31. The van der Waals surface area contributed by atoms with Gasteiger partial charge in [-0.05, 0) is 12.0 Å². The molecule has 1 heterocycles. The molecule has 0 radical (unpaired) electrons. The Bertz CT molecular complexity index is 334. The van der Waals surface area contributed by atoms with Crippen molar-refractivity contribution in [1.29, 1.82) is 0 Å². The fourth-order valence-electron chi connectivity index (χ4n) is 2.11. The number of unbranched alkanes of at least 4 members (excludes halogenated alkanes) is 1. The van der Waals surface area contributed by atoms with E-state index in [1.165, 1.54) is 5.56 Å². The molecule has 1 aromatic rings. The number of benzene rings is 1. The number of hydrogen-bond acceptors (Lipinski definition) is 1. The van der Waals surface area contributed by atoms with Crippen LogP contribution < -0.4 is 5.32 Å². The Morgan fingerprint density at radius 2 is 2.00 bits per heavy atom. The summed E-state index contributed by atoms with van der Waals surface area (Å²) in [6, 6.07) is 10.5. The standard InChI is InChI=1S/C13H17NO/c1-2-3-9-11-12(14-13(11)15)10-7-5-4-6-8-10/h4-8,11-12H,2-3,9H2,1H3,(H,14,15)/t11-,12-/m0/s1. The molecule has 0 aliphatic carbocycles. The minimum Gasteiger partial charge on any atom is -0.348 e. The predicted octanol–water partition coefficient (Wildman–Crippen LogP) is 2.66. The van der Waals surface area contributed by atoms with E-state index >= 15 is 0 Å². The summed E-state index contributed by atoms with van der Waals surface area (Å²) in [6.45, 7) is 2.16. The Hall–Kier alpha value is -1.31. The lowest BCUT2D eigenvalue weighted by Gasteiger charge is -2.37. The van der Waals surface area contributed by atoms with Gasteiger partial charge < -0.3 is 5.32 Å². The van der Waals surface area contributed by atoms with Crippen molar-refractivity contribution in [3.63, 3.8) is 0 Å². The Balaban J connectivity index is 2.02. The second kappa shape index (κ2) is 4.47. The lowest BCUT2D eigenvalue weighted by molar-refractivity contribution is -0.135. The van der Waals surface area contributed by atoms with Crippen molar-refractivity contribution in [3.8, 4) is 0 Å². The number of hydrogen-bond donors (Lipinski definition) is 1. The van der Waals surface area contributed by atoms with Gasteiger partial charge in [-0.25, -0.2) is 0 Å². The zero-order chi connectivity index (χ0) is 10.7. The van der Waals surface area contributed by atoms with E-state index in [2.05, 4.69) is 24.4 Å². The third kappa shape index (κ3) is 2.04. The van der Waals surface area contributed by atoms with E-state index in [0.29, 0.717) is 0 Å². The number of amides is 1. The Kier molecular flexibility index (Phi) is 3.05. The van der Waals surface area contributed by atoms with Crippen LogP contribution in [0.4, 0.5) is 0 Å². The molecular weight excluding hydrogens is 186 g/mol.